The van der Waals surface area contributed by atoms with Gasteiger partial charge in [0.15, 0.2) is 0 Å². The average molecular weight is 248 g/mol. The molecule has 1 N–H and O–H groups in total. The Balaban J connectivity index is 2.30. The molecule has 4 heteroatoms. The third-order valence-electron chi connectivity index (χ3n) is 3.18. The molecule has 0 amide bonds. The van der Waals surface area contributed by atoms with Gasteiger partial charge in [0.05, 0.1) is 0 Å². The Hall–Kier alpha value is -1.84. The van der Waals surface area contributed by atoms with Gasteiger partial charge >= 0.3 is 11.9 Å². The van der Waals surface area contributed by atoms with Crippen molar-refractivity contribution in [2.75, 3.05) is 0 Å². The Bertz CT molecular complexity index is 479. The Morgan fingerprint density at radius 3 is 2.50 bits per heavy atom. The van der Waals surface area contributed by atoms with Crippen LogP contribution in [-0.4, -0.2) is 17.0 Å². The second kappa shape index (κ2) is 5.21. The van der Waals surface area contributed by atoms with Crippen LogP contribution in [0.5, 0.6) is 0 Å². The molecule has 18 heavy (non-hydrogen) atoms. The van der Waals surface area contributed by atoms with E-state index in [4.69, 9.17) is 9.84 Å². The molecule has 0 radical (unpaired) electrons. The Morgan fingerprint density at radius 2 is 1.89 bits per heavy atom. The molecular weight excluding hydrogens is 232 g/mol. The van der Waals surface area contributed by atoms with Crippen LogP contribution in [0.2, 0.25) is 0 Å². The predicted molar refractivity (Wildman–Crippen MR) is 65.2 cm³/mol. The topological polar surface area (TPSA) is 63.6 Å². The number of aliphatic carboxylic acids is 1. The lowest BCUT2D eigenvalue weighted by Gasteiger charge is -2.19. The van der Waals surface area contributed by atoms with Crippen LogP contribution in [0.3, 0.4) is 0 Å². The van der Waals surface area contributed by atoms with E-state index in [1.807, 2.05) is 12.1 Å². The molecule has 0 heterocycles. The van der Waals surface area contributed by atoms with E-state index in [1.54, 1.807) is 6.07 Å². The molecule has 1 aromatic carbocycles. The number of carbonyl (C=O) groups is 2. The van der Waals surface area contributed by atoms with Crippen molar-refractivity contribution in [3.63, 3.8) is 0 Å². The fraction of sp³-hybridized carbons (Fsp3) is 0.429. The Kier molecular flexibility index (Phi) is 3.65. The number of hydrogen-bond acceptors (Lipinski definition) is 3. The minimum atomic E-state index is -1.20. The normalized spacial score (nSPS) is 15.6. The summed E-state index contributed by atoms with van der Waals surface area (Å²) in [5, 5.41) is 9.10. The third kappa shape index (κ3) is 2.70. The summed E-state index contributed by atoms with van der Waals surface area (Å²) in [5.41, 5.74) is 2.99. The van der Waals surface area contributed by atoms with Crippen molar-refractivity contribution in [2.24, 2.45) is 0 Å². The SMILES string of the molecule is CC(=O)O[C@@H](C(=O)O)c1ccc2c(c1)CCCC2. The maximum Gasteiger partial charge on any atom is 0.349 e. The van der Waals surface area contributed by atoms with Gasteiger partial charge in [-0.25, -0.2) is 4.79 Å². The highest BCUT2D eigenvalue weighted by Crippen LogP contribution is 2.26. The number of rotatable bonds is 3. The molecule has 1 aliphatic carbocycles. The second-order valence-corrected chi connectivity index (χ2v) is 4.56. The fourth-order valence-corrected chi connectivity index (χ4v) is 2.34. The van der Waals surface area contributed by atoms with Gasteiger partial charge in [-0.15, -0.1) is 0 Å². The van der Waals surface area contributed by atoms with Gasteiger partial charge in [-0.3, -0.25) is 4.79 Å². The minimum absolute atomic E-state index is 0.540. The van der Waals surface area contributed by atoms with Crippen molar-refractivity contribution in [1.29, 1.82) is 0 Å². The van der Waals surface area contributed by atoms with Crippen molar-refractivity contribution in [1.82, 2.24) is 0 Å². The van der Waals surface area contributed by atoms with Crippen molar-refractivity contribution in [3.05, 3.63) is 34.9 Å². The molecule has 0 aromatic heterocycles. The van der Waals surface area contributed by atoms with E-state index in [0.29, 0.717) is 5.56 Å². The van der Waals surface area contributed by atoms with Crippen molar-refractivity contribution < 1.29 is 19.4 Å². The number of hydrogen-bond donors (Lipinski definition) is 1. The zero-order valence-electron chi connectivity index (χ0n) is 10.3. The van der Waals surface area contributed by atoms with Crippen molar-refractivity contribution in [3.8, 4) is 0 Å². The molecule has 0 aliphatic heterocycles. The van der Waals surface area contributed by atoms with Gasteiger partial charge in [-0.1, -0.05) is 18.2 Å². The molecule has 0 spiro atoms. The molecule has 0 bridgehead atoms. The Morgan fingerprint density at radius 1 is 1.22 bits per heavy atom. The largest absolute Gasteiger partial charge is 0.478 e. The summed E-state index contributed by atoms with van der Waals surface area (Å²) < 4.78 is 4.85. The molecule has 0 fully saturated rings. The standard InChI is InChI=1S/C14H16O4/c1-9(15)18-13(14(16)17)12-7-6-10-4-2-3-5-11(10)8-12/h6-8,13H,2-5H2,1H3,(H,16,17)/t13-/m1/s1. The summed E-state index contributed by atoms with van der Waals surface area (Å²) in [6, 6.07) is 5.55. The smallest absolute Gasteiger partial charge is 0.349 e. The van der Waals surface area contributed by atoms with Gasteiger partial charge in [-0.2, -0.15) is 0 Å². The lowest BCUT2D eigenvalue weighted by Crippen LogP contribution is -2.18. The molecule has 2 rings (SSSR count). The highest BCUT2D eigenvalue weighted by Gasteiger charge is 2.24. The van der Waals surface area contributed by atoms with Crippen molar-refractivity contribution in [2.45, 2.75) is 38.7 Å². The monoisotopic (exact) mass is 248 g/mol. The summed E-state index contributed by atoms with van der Waals surface area (Å²) in [4.78, 5) is 22.1. The summed E-state index contributed by atoms with van der Waals surface area (Å²) >= 11 is 0. The molecule has 1 atom stereocenters. The fourth-order valence-electron chi connectivity index (χ4n) is 2.34. The highest BCUT2D eigenvalue weighted by atomic mass is 16.6. The molecule has 0 unspecified atom stereocenters. The molecule has 0 saturated carbocycles. The molecule has 1 aromatic rings. The second-order valence-electron chi connectivity index (χ2n) is 4.56. The number of carbonyl (C=O) groups excluding carboxylic acids is 1. The number of carboxylic acid groups (broad SMARTS) is 1. The van der Waals surface area contributed by atoms with Crippen molar-refractivity contribution >= 4 is 11.9 Å². The van der Waals surface area contributed by atoms with Gasteiger partial charge in [-0.05, 0) is 36.8 Å². The first-order valence-electron chi connectivity index (χ1n) is 6.09. The molecule has 4 nitrogen and oxygen atoms in total. The summed E-state index contributed by atoms with van der Waals surface area (Å²) in [6.45, 7) is 1.22. The first kappa shape index (κ1) is 12.6. The van der Waals surface area contributed by atoms with E-state index in [2.05, 4.69) is 0 Å². The summed E-state index contributed by atoms with van der Waals surface area (Å²) in [7, 11) is 0. The van der Waals surface area contributed by atoms with Crippen LogP contribution in [-0.2, 0) is 27.2 Å². The number of benzene rings is 1. The number of fused-ring (bicyclic) bond motifs is 1. The minimum Gasteiger partial charge on any atom is -0.478 e. The third-order valence-corrected chi connectivity index (χ3v) is 3.18. The predicted octanol–water partition coefficient (Wildman–Crippen LogP) is 2.25. The van der Waals surface area contributed by atoms with Gasteiger partial charge in [0.25, 0.3) is 0 Å². The van der Waals surface area contributed by atoms with Crippen LogP contribution in [0, 0.1) is 0 Å². The van der Waals surface area contributed by atoms with Gasteiger partial charge < -0.3 is 9.84 Å². The van der Waals surface area contributed by atoms with Crippen LogP contribution >= 0.6 is 0 Å². The van der Waals surface area contributed by atoms with E-state index in [-0.39, 0.29) is 0 Å². The molecule has 96 valence electrons. The zero-order chi connectivity index (χ0) is 13.1. The number of carboxylic acids is 1. The van der Waals surface area contributed by atoms with Gasteiger partial charge in [0, 0.05) is 12.5 Å². The van der Waals surface area contributed by atoms with E-state index in [9.17, 15) is 9.59 Å². The van der Waals surface area contributed by atoms with E-state index < -0.39 is 18.0 Å². The lowest BCUT2D eigenvalue weighted by atomic mass is 9.89. The summed E-state index contributed by atoms with van der Waals surface area (Å²) in [6.07, 6.45) is 3.12. The number of ether oxygens (including phenoxy) is 1. The quantitative estimate of drug-likeness (QED) is 0.833. The van der Waals surface area contributed by atoms with E-state index in [1.165, 1.54) is 24.5 Å². The van der Waals surface area contributed by atoms with E-state index >= 15 is 0 Å². The van der Waals surface area contributed by atoms with Crippen LogP contribution in [0.25, 0.3) is 0 Å². The summed E-state index contributed by atoms with van der Waals surface area (Å²) in [5.74, 6) is -1.72. The number of esters is 1. The first-order chi connectivity index (χ1) is 8.58. The van der Waals surface area contributed by atoms with Gasteiger partial charge in [0.2, 0.25) is 6.10 Å². The first-order valence-corrected chi connectivity index (χ1v) is 6.09. The van der Waals surface area contributed by atoms with Crippen LogP contribution < -0.4 is 0 Å². The molecule has 0 saturated heterocycles. The average Bonchev–Trinajstić information content (AvgIpc) is 2.35. The van der Waals surface area contributed by atoms with E-state index in [0.717, 1.165) is 19.3 Å². The molecule has 1 aliphatic rings. The van der Waals surface area contributed by atoms with Crippen LogP contribution in [0.1, 0.15) is 42.6 Å². The highest BCUT2D eigenvalue weighted by molar-refractivity contribution is 5.78. The number of aryl methyl sites for hydroxylation is 2. The lowest BCUT2D eigenvalue weighted by molar-refractivity contribution is -0.163. The zero-order valence-corrected chi connectivity index (χ0v) is 10.3. The van der Waals surface area contributed by atoms with Gasteiger partial charge in [0.1, 0.15) is 0 Å². The van der Waals surface area contributed by atoms with Crippen LogP contribution in [0.15, 0.2) is 18.2 Å². The molecular formula is C14H16O4. The van der Waals surface area contributed by atoms with Crippen LogP contribution in [0.4, 0.5) is 0 Å². The Labute approximate surface area is 106 Å². The maximum absolute atomic E-state index is 11.1. The maximum atomic E-state index is 11.1.